The highest BCUT2D eigenvalue weighted by Crippen LogP contribution is 2.25. The molecule has 2 rings (SSSR count). The number of rotatable bonds is 3. The molecule has 0 aliphatic carbocycles. The minimum Gasteiger partial charge on any atom is -0.480 e. The Bertz CT molecular complexity index is 556. The maximum absolute atomic E-state index is 11.5. The monoisotopic (exact) mass is 263 g/mol. The zero-order chi connectivity index (χ0) is 14.0. The van der Waals surface area contributed by atoms with Gasteiger partial charge in [0.25, 0.3) is 5.91 Å². The van der Waals surface area contributed by atoms with E-state index in [2.05, 4.69) is 10.6 Å². The van der Waals surface area contributed by atoms with Crippen LogP contribution in [-0.2, 0) is 20.8 Å². The first-order chi connectivity index (χ1) is 8.97. The maximum atomic E-state index is 11.5. The molecule has 0 bridgehead atoms. The van der Waals surface area contributed by atoms with E-state index < -0.39 is 17.9 Å². The fraction of sp³-hybridized carbons (Fsp3) is 0.250. The lowest BCUT2D eigenvalue weighted by molar-refractivity contribution is -0.141. The third kappa shape index (κ3) is 2.89. The van der Waals surface area contributed by atoms with Crippen molar-refractivity contribution < 1.29 is 19.5 Å². The third-order valence-electron chi connectivity index (χ3n) is 2.82. The van der Waals surface area contributed by atoms with Crippen LogP contribution < -0.4 is 16.4 Å². The molecule has 0 radical (unpaired) electrons. The lowest BCUT2D eigenvalue weighted by Crippen LogP contribution is -2.42. The van der Waals surface area contributed by atoms with E-state index in [1.54, 1.807) is 18.2 Å². The first-order valence-electron chi connectivity index (χ1n) is 5.69. The molecule has 2 amide bonds. The smallest absolute Gasteiger partial charge is 0.330 e. The Labute approximate surface area is 108 Å². The van der Waals surface area contributed by atoms with Gasteiger partial charge in [-0.15, -0.1) is 0 Å². The van der Waals surface area contributed by atoms with Gasteiger partial charge >= 0.3 is 5.97 Å². The summed E-state index contributed by atoms with van der Waals surface area (Å²) >= 11 is 0. The minimum atomic E-state index is -1.60. The van der Waals surface area contributed by atoms with Crippen molar-refractivity contribution in [3.63, 3.8) is 0 Å². The van der Waals surface area contributed by atoms with Crippen molar-refractivity contribution >= 4 is 29.2 Å². The average Bonchev–Trinajstić information content (AvgIpc) is 2.37. The normalized spacial score (nSPS) is 15.1. The quantitative estimate of drug-likeness (QED) is 0.568. The van der Waals surface area contributed by atoms with Gasteiger partial charge in [0.1, 0.15) is 0 Å². The van der Waals surface area contributed by atoms with Crippen LogP contribution >= 0.6 is 0 Å². The first kappa shape index (κ1) is 13.0. The Morgan fingerprint density at radius 1 is 1.37 bits per heavy atom. The van der Waals surface area contributed by atoms with E-state index in [0.29, 0.717) is 24.2 Å². The highest BCUT2D eigenvalue weighted by molar-refractivity contribution is 6.07. The number of anilines is 2. The van der Waals surface area contributed by atoms with E-state index in [1.165, 1.54) is 0 Å². The Morgan fingerprint density at radius 2 is 2.11 bits per heavy atom. The lowest BCUT2D eigenvalue weighted by Gasteiger charge is -2.18. The molecular weight excluding hydrogens is 250 g/mol. The van der Waals surface area contributed by atoms with Crippen LogP contribution in [0.1, 0.15) is 12.0 Å². The molecule has 0 aromatic heterocycles. The van der Waals surface area contributed by atoms with E-state index in [1.807, 2.05) is 0 Å². The van der Waals surface area contributed by atoms with Gasteiger partial charge in [-0.25, -0.2) is 4.79 Å². The number of fused-ring (bicyclic) bond motifs is 1. The maximum Gasteiger partial charge on any atom is 0.330 e. The van der Waals surface area contributed by atoms with Crippen LogP contribution in [0.3, 0.4) is 0 Å². The first-order valence-corrected chi connectivity index (χ1v) is 5.69. The van der Waals surface area contributed by atoms with Gasteiger partial charge in [0.2, 0.25) is 5.91 Å². The number of aliphatic carboxylic acids is 1. The number of nitrogens with one attached hydrogen (secondary N) is 2. The predicted octanol–water partition coefficient (Wildman–Crippen LogP) is -0.0783. The molecule has 7 heteroatoms. The number of aryl methyl sites for hydroxylation is 1. The number of carbonyl (C=O) groups is 3. The van der Waals surface area contributed by atoms with Crippen molar-refractivity contribution in [1.82, 2.24) is 0 Å². The van der Waals surface area contributed by atoms with Crippen LogP contribution in [0, 0.1) is 0 Å². The molecule has 0 spiro atoms. The number of carboxylic acids is 1. The fourth-order valence-corrected chi connectivity index (χ4v) is 1.79. The third-order valence-corrected chi connectivity index (χ3v) is 2.82. The van der Waals surface area contributed by atoms with Gasteiger partial charge in [0.15, 0.2) is 6.04 Å². The van der Waals surface area contributed by atoms with Crippen LogP contribution in [0.15, 0.2) is 18.2 Å². The zero-order valence-electron chi connectivity index (χ0n) is 9.97. The topological polar surface area (TPSA) is 122 Å². The summed E-state index contributed by atoms with van der Waals surface area (Å²) in [5.41, 5.74) is 7.25. The molecule has 0 saturated carbocycles. The molecule has 0 saturated heterocycles. The SMILES string of the molecule is NC(C(=O)O)C(=O)Nc1ccc2c(c1)CCC(=O)N2. The van der Waals surface area contributed by atoms with E-state index >= 15 is 0 Å². The van der Waals surface area contributed by atoms with Crippen molar-refractivity contribution in [2.45, 2.75) is 18.9 Å². The van der Waals surface area contributed by atoms with Crippen molar-refractivity contribution in [2.24, 2.45) is 5.73 Å². The number of hydrogen-bond donors (Lipinski definition) is 4. The summed E-state index contributed by atoms with van der Waals surface area (Å²) in [4.78, 5) is 33.2. The van der Waals surface area contributed by atoms with Gasteiger partial charge in [-0.3, -0.25) is 9.59 Å². The predicted molar refractivity (Wildman–Crippen MR) is 67.6 cm³/mol. The molecule has 1 aliphatic heterocycles. The van der Waals surface area contributed by atoms with E-state index in [9.17, 15) is 14.4 Å². The highest BCUT2D eigenvalue weighted by Gasteiger charge is 2.22. The number of benzene rings is 1. The largest absolute Gasteiger partial charge is 0.480 e. The molecule has 1 aliphatic rings. The van der Waals surface area contributed by atoms with Gasteiger partial charge < -0.3 is 21.5 Å². The average molecular weight is 263 g/mol. The van der Waals surface area contributed by atoms with Crippen LogP contribution in [0.25, 0.3) is 0 Å². The van der Waals surface area contributed by atoms with Crippen LogP contribution in [0.4, 0.5) is 11.4 Å². The van der Waals surface area contributed by atoms with Crippen molar-refractivity contribution in [3.05, 3.63) is 23.8 Å². The van der Waals surface area contributed by atoms with Crippen molar-refractivity contribution in [1.29, 1.82) is 0 Å². The van der Waals surface area contributed by atoms with Crippen molar-refractivity contribution in [3.8, 4) is 0 Å². The summed E-state index contributed by atoms with van der Waals surface area (Å²) in [6.45, 7) is 0. The molecule has 1 unspecified atom stereocenters. The van der Waals surface area contributed by atoms with Gasteiger partial charge in [0, 0.05) is 17.8 Å². The molecule has 1 aromatic rings. The van der Waals surface area contributed by atoms with E-state index in [-0.39, 0.29) is 5.91 Å². The molecule has 5 N–H and O–H groups in total. The molecule has 19 heavy (non-hydrogen) atoms. The minimum absolute atomic E-state index is 0.0443. The second kappa shape index (κ2) is 5.07. The molecule has 100 valence electrons. The van der Waals surface area contributed by atoms with Crippen LogP contribution in [0.5, 0.6) is 0 Å². The van der Waals surface area contributed by atoms with E-state index in [4.69, 9.17) is 10.8 Å². The zero-order valence-corrected chi connectivity index (χ0v) is 9.97. The fourth-order valence-electron chi connectivity index (χ4n) is 1.79. The number of hydrogen-bond acceptors (Lipinski definition) is 4. The second-order valence-electron chi connectivity index (χ2n) is 4.23. The Balaban J connectivity index is 2.13. The van der Waals surface area contributed by atoms with Gasteiger partial charge in [-0.05, 0) is 30.2 Å². The molecule has 1 aromatic carbocycles. The summed E-state index contributed by atoms with van der Waals surface area (Å²) < 4.78 is 0. The molecule has 0 fully saturated rings. The van der Waals surface area contributed by atoms with Crippen molar-refractivity contribution in [2.75, 3.05) is 10.6 Å². The number of amides is 2. The molecule has 1 heterocycles. The van der Waals surface area contributed by atoms with Gasteiger partial charge in [-0.1, -0.05) is 0 Å². The summed E-state index contributed by atoms with van der Waals surface area (Å²) in [6, 6.07) is 3.34. The van der Waals surface area contributed by atoms with E-state index in [0.717, 1.165) is 5.56 Å². The lowest BCUT2D eigenvalue weighted by atomic mass is 10.0. The number of nitrogens with two attached hydrogens (primary N) is 1. The molecule has 7 nitrogen and oxygen atoms in total. The Hall–Kier alpha value is -2.41. The highest BCUT2D eigenvalue weighted by atomic mass is 16.4. The summed E-state index contributed by atoms with van der Waals surface area (Å²) in [5, 5.41) is 13.8. The summed E-state index contributed by atoms with van der Waals surface area (Å²) in [6.07, 6.45) is 0.967. The summed E-state index contributed by atoms with van der Waals surface area (Å²) in [5.74, 6) is -2.22. The van der Waals surface area contributed by atoms with Crippen LogP contribution in [0.2, 0.25) is 0 Å². The standard InChI is InChI=1S/C12H13N3O4/c13-10(12(18)19)11(17)14-7-2-3-8-6(5-7)1-4-9(16)15-8/h2-3,5,10H,1,4,13H2,(H,14,17)(H,15,16)(H,18,19). The molecule has 1 atom stereocenters. The van der Waals surface area contributed by atoms with Crippen LogP contribution in [-0.4, -0.2) is 28.9 Å². The second-order valence-corrected chi connectivity index (χ2v) is 4.23. The van der Waals surface area contributed by atoms with Gasteiger partial charge in [0.05, 0.1) is 0 Å². The molecular formula is C12H13N3O4. The Kier molecular flexibility index (Phi) is 3.48. The Morgan fingerprint density at radius 3 is 2.79 bits per heavy atom. The van der Waals surface area contributed by atoms with Gasteiger partial charge in [-0.2, -0.15) is 0 Å². The summed E-state index contributed by atoms with van der Waals surface area (Å²) in [7, 11) is 0. The number of carboxylic acid groups (broad SMARTS) is 1. The number of carbonyl (C=O) groups excluding carboxylic acids is 2.